The number of rotatable bonds is 6. The Morgan fingerprint density at radius 3 is 2.37 bits per heavy atom. The van der Waals surface area contributed by atoms with Crippen LogP contribution in [0.2, 0.25) is 0 Å². The zero-order chi connectivity index (χ0) is 20.0. The molecule has 0 aromatic heterocycles. The van der Waals surface area contributed by atoms with Gasteiger partial charge in [0, 0.05) is 0 Å². The van der Waals surface area contributed by atoms with Gasteiger partial charge in [0.1, 0.15) is 12.4 Å². The van der Waals surface area contributed by atoms with Gasteiger partial charge < -0.3 is 19.9 Å². The predicted octanol–water partition coefficient (Wildman–Crippen LogP) is 3.77. The molecule has 0 aliphatic carbocycles. The lowest BCUT2D eigenvalue weighted by Crippen LogP contribution is -2.34. The molecule has 1 amide bonds. The molecule has 0 aliphatic heterocycles. The van der Waals surface area contributed by atoms with Crippen LogP contribution in [0, 0.1) is 0 Å². The fraction of sp³-hybridized carbons (Fsp3) is 0.222. The predicted molar refractivity (Wildman–Crippen MR) is 88.1 cm³/mol. The van der Waals surface area contributed by atoms with E-state index in [0.29, 0.717) is 11.6 Å². The second-order valence-electron chi connectivity index (χ2n) is 5.43. The maximum absolute atomic E-state index is 13.1. The third-order valence-electron chi connectivity index (χ3n) is 3.58. The van der Waals surface area contributed by atoms with Gasteiger partial charge in [-0.3, -0.25) is 0 Å². The number of hydrogen-bond acceptors (Lipinski definition) is 4. The number of carbonyl (C=O) groups is 2. The smallest absolute Gasteiger partial charge is 0.419 e. The molecule has 2 N–H and O–H groups in total. The van der Waals surface area contributed by atoms with Crippen LogP contribution in [0.15, 0.2) is 48.5 Å². The van der Waals surface area contributed by atoms with E-state index in [-0.39, 0.29) is 12.2 Å². The highest BCUT2D eigenvalue weighted by Gasteiger charge is 2.36. The summed E-state index contributed by atoms with van der Waals surface area (Å²) in [7, 11) is 1.07. The highest BCUT2D eigenvalue weighted by atomic mass is 19.4. The van der Waals surface area contributed by atoms with Crippen molar-refractivity contribution < 1.29 is 37.3 Å². The summed E-state index contributed by atoms with van der Waals surface area (Å²) in [4.78, 5) is 23.3. The number of carbonyl (C=O) groups excluding carboxylic acids is 1. The molecule has 0 spiro atoms. The summed E-state index contributed by atoms with van der Waals surface area (Å²) < 4.78 is 48.9. The van der Waals surface area contributed by atoms with E-state index in [1.54, 1.807) is 30.3 Å². The van der Waals surface area contributed by atoms with Crippen molar-refractivity contribution in [1.29, 1.82) is 0 Å². The molecule has 0 aliphatic rings. The minimum Gasteiger partial charge on any atom is -0.496 e. The number of alkyl halides is 3. The fourth-order valence-electron chi connectivity index (χ4n) is 2.30. The van der Waals surface area contributed by atoms with Crippen molar-refractivity contribution in [2.75, 3.05) is 7.11 Å². The molecule has 2 aromatic carbocycles. The zero-order valence-electron chi connectivity index (χ0n) is 14.1. The lowest BCUT2D eigenvalue weighted by atomic mass is 10.0. The quantitative estimate of drug-likeness (QED) is 0.793. The summed E-state index contributed by atoms with van der Waals surface area (Å²) in [5, 5.41) is 11.3. The summed E-state index contributed by atoms with van der Waals surface area (Å²) >= 11 is 0. The molecular formula is C18H16F3NO5. The lowest BCUT2D eigenvalue weighted by Gasteiger charge is -2.18. The molecule has 0 radical (unpaired) electrons. The van der Waals surface area contributed by atoms with Crippen molar-refractivity contribution in [1.82, 2.24) is 5.32 Å². The molecule has 1 unspecified atom stereocenters. The Labute approximate surface area is 152 Å². The summed E-state index contributed by atoms with van der Waals surface area (Å²) in [6.45, 7) is -0.116. The number of methoxy groups -OCH3 is 1. The number of carboxylic acid groups (broad SMARTS) is 1. The van der Waals surface area contributed by atoms with Gasteiger partial charge in [0.2, 0.25) is 0 Å². The molecule has 0 saturated heterocycles. The third kappa shape index (κ3) is 5.37. The van der Waals surface area contributed by atoms with Gasteiger partial charge >= 0.3 is 18.2 Å². The maximum Gasteiger partial charge on any atom is 0.419 e. The Morgan fingerprint density at radius 2 is 1.81 bits per heavy atom. The average Bonchev–Trinajstić information content (AvgIpc) is 2.64. The van der Waals surface area contributed by atoms with Gasteiger partial charge in [-0.05, 0) is 23.3 Å². The normalized spacial score (nSPS) is 12.1. The number of amides is 1. The highest BCUT2D eigenvalue weighted by molar-refractivity contribution is 5.81. The molecular weight excluding hydrogens is 367 g/mol. The second-order valence-corrected chi connectivity index (χ2v) is 5.43. The lowest BCUT2D eigenvalue weighted by molar-refractivity contribution is -0.141. The van der Waals surface area contributed by atoms with E-state index in [0.717, 1.165) is 19.2 Å². The minimum absolute atomic E-state index is 0.116. The van der Waals surface area contributed by atoms with E-state index in [2.05, 4.69) is 10.1 Å². The van der Waals surface area contributed by atoms with Gasteiger partial charge in [-0.1, -0.05) is 36.4 Å². The van der Waals surface area contributed by atoms with E-state index in [1.165, 1.54) is 0 Å². The fourth-order valence-corrected chi connectivity index (χ4v) is 2.30. The van der Waals surface area contributed by atoms with Crippen molar-refractivity contribution in [2.24, 2.45) is 0 Å². The Bertz CT molecular complexity index is 808. The molecule has 0 heterocycles. The number of halogens is 3. The van der Waals surface area contributed by atoms with Gasteiger partial charge in [0.25, 0.3) is 0 Å². The Hall–Kier alpha value is -3.23. The first kappa shape index (κ1) is 20.1. The number of ether oxygens (including phenoxy) is 2. The molecule has 27 heavy (non-hydrogen) atoms. The summed E-state index contributed by atoms with van der Waals surface area (Å²) in [6.07, 6.45) is -5.83. The molecule has 0 saturated carbocycles. The van der Waals surface area contributed by atoms with Crippen molar-refractivity contribution in [2.45, 2.75) is 18.8 Å². The number of carboxylic acids is 1. The molecule has 0 fully saturated rings. The Kier molecular flexibility index (Phi) is 6.27. The number of nitrogens with one attached hydrogen (secondary N) is 1. The molecule has 9 heteroatoms. The van der Waals surface area contributed by atoms with E-state index >= 15 is 0 Å². The first-order valence-corrected chi connectivity index (χ1v) is 7.67. The zero-order valence-corrected chi connectivity index (χ0v) is 14.1. The van der Waals surface area contributed by atoms with Crippen molar-refractivity contribution in [3.8, 4) is 5.75 Å². The first-order valence-electron chi connectivity index (χ1n) is 7.67. The van der Waals surface area contributed by atoms with E-state index in [4.69, 9.17) is 4.74 Å². The molecule has 144 valence electrons. The maximum atomic E-state index is 13.1. The van der Waals surface area contributed by atoms with Gasteiger partial charge in [-0.2, -0.15) is 13.2 Å². The van der Waals surface area contributed by atoms with Gasteiger partial charge in [-0.15, -0.1) is 0 Å². The van der Waals surface area contributed by atoms with Crippen LogP contribution in [0.3, 0.4) is 0 Å². The number of aliphatic carboxylic acids is 1. The van der Waals surface area contributed by atoms with E-state index in [9.17, 15) is 27.9 Å². The van der Waals surface area contributed by atoms with Crippen molar-refractivity contribution >= 4 is 12.1 Å². The van der Waals surface area contributed by atoms with Crippen LogP contribution in [0.4, 0.5) is 18.0 Å². The van der Waals surface area contributed by atoms with Gasteiger partial charge in [0.15, 0.2) is 6.04 Å². The molecule has 6 nitrogen and oxygen atoms in total. The minimum atomic E-state index is -4.75. The molecule has 2 rings (SSSR count). The van der Waals surface area contributed by atoms with Crippen LogP contribution in [0.5, 0.6) is 5.75 Å². The van der Waals surface area contributed by atoms with Crippen molar-refractivity contribution in [3.63, 3.8) is 0 Å². The average molecular weight is 383 g/mol. The van der Waals surface area contributed by atoms with E-state index < -0.39 is 35.6 Å². The first-order chi connectivity index (χ1) is 12.7. The monoisotopic (exact) mass is 383 g/mol. The SMILES string of the molecule is COc1ccc(C(NC(=O)OCc2ccccc2)C(=O)O)cc1C(F)(F)F. The van der Waals surface area contributed by atoms with Crippen LogP contribution >= 0.6 is 0 Å². The van der Waals surface area contributed by atoms with E-state index in [1.807, 2.05) is 0 Å². The second kappa shape index (κ2) is 8.43. The summed E-state index contributed by atoms with van der Waals surface area (Å²) in [6, 6.07) is 9.64. The highest BCUT2D eigenvalue weighted by Crippen LogP contribution is 2.37. The topological polar surface area (TPSA) is 84.9 Å². The Balaban J connectivity index is 2.17. The molecule has 1 atom stereocenters. The number of hydrogen-bond donors (Lipinski definition) is 2. The number of alkyl carbamates (subject to hydrolysis) is 1. The van der Waals surface area contributed by atoms with Crippen molar-refractivity contribution in [3.05, 3.63) is 65.2 Å². The Morgan fingerprint density at radius 1 is 1.15 bits per heavy atom. The van der Waals surface area contributed by atoms with Crippen LogP contribution < -0.4 is 10.1 Å². The molecule has 0 bridgehead atoms. The van der Waals surface area contributed by atoms with Crippen LogP contribution in [-0.2, 0) is 22.3 Å². The largest absolute Gasteiger partial charge is 0.496 e. The molecule has 2 aromatic rings. The third-order valence-corrected chi connectivity index (χ3v) is 3.58. The number of benzene rings is 2. The standard InChI is InChI=1S/C18H16F3NO5/c1-26-14-8-7-12(9-13(14)18(19,20)21)15(16(23)24)22-17(25)27-10-11-5-3-2-4-6-11/h2-9,15H,10H2,1H3,(H,22,25)(H,23,24). The summed E-state index contributed by atoms with van der Waals surface area (Å²) in [5.41, 5.74) is -0.746. The summed E-state index contributed by atoms with van der Waals surface area (Å²) in [5.74, 6) is -1.99. The van der Waals surface area contributed by atoms with Gasteiger partial charge in [0.05, 0.1) is 12.7 Å². The van der Waals surface area contributed by atoms with Crippen LogP contribution in [-0.4, -0.2) is 24.3 Å². The van der Waals surface area contributed by atoms with Gasteiger partial charge in [-0.25, -0.2) is 9.59 Å². The van der Waals surface area contributed by atoms with Crippen LogP contribution in [0.1, 0.15) is 22.7 Å². The van der Waals surface area contributed by atoms with Crippen LogP contribution in [0.25, 0.3) is 0 Å².